The maximum Gasteiger partial charge on any atom is 0.119 e. The van der Waals surface area contributed by atoms with Crippen molar-refractivity contribution in [1.29, 1.82) is 5.26 Å². The third-order valence-electron chi connectivity index (χ3n) is 2.45. The van der Waals surface area contributed by atoms with Crippen LogP contribution in [0, 0.1) is 11.3 Å². The van der Waals surface area contributed by atoms with E-state index in [2.05, 4.69) is 6.07 Å². The summed E-state index contributed by atoms with van der Waals surface area (Å²) in [7, 11) is 0. The number of nitrogen functional groups attached to an aromatic ring is 1. The van der Waals surface area contributed by atoms with Crippen LogP contribution in [0.25, 0.3) is 0 Å². The summed E-state index contributed by atoms with van der Waals surface area (Å²) in [5.41, 5.74) is 7.71. The van der Waals surface area contributed by atoms with Gasteiger partial charge in [0.1, 0.15) is 12.4 Å². The minimum absolute atomic E-state index is 0.366. The molecular formula is C14H11ClN2O. The van der Waals surface area contributed by atoms with Crippen molar-refractivity contribution < 1.29 is 4.74 Å². The molecule has 0 aliphatic rings. The molecule has 2 rings (SSSR count). The Morgan fingerprint density at radius 3 is 2.50 bits per heavy atom. The van der Waals surface area contributed by atoms with Crippen molar-refractivity contribution in [3.63, 3.8) is 0 Å². The maximum atomic E-state index is 8.68. The molecule has 0 atom stereocenters. The first-order chi connectivity index (χ1) is 8.69. The molecule has 3 nitrogen and oxygen atoms in total. The van der Waals surface area contributed by atoms with Crippen molar-refractivity contribution in [1.82, 2.24) is 0 Å². The van der Waals surface area contributed by atoms with Crippen LogP contribution in [-0.4, -0.2) is 0 Å². The van der Waals surface area contributed by atoms with E-state index in [1.165, 1.54) is 0 Å². The highest BCUT2D eigenvalue weighted by atomic mass is 35.5. The van der Waals surface area contributed by atoms with Crippen LogP contribution < -0.4 is 10.5 Å². The highest BCUT2D eigenvalue weighted by Gasteiger charge is 2.02. The number of ether oxygens (including phenoxy) is 1. The highest BCUT2D eigenvalue weighted by molar-refractivity contribution is 6.31. The number of benzene rings is 2. The van der Waals surface area contributed by atoms with Crippen molar-refractivity contribution >= 4 is 17.3 Å². The molecule has 2 aromatic carbocycles. The fraction of sp³-hybridized carbons (Fsp3) is 0.0714. The molecule has 0 bridgehead atoms. The number of hydrogen-bond acceptors (Lipinski definition) is 3. The Hall–Kier alpha value is -2.18. The lowest BCUT2D eigenvalue weighted by atomic mass is 10.2. The number of hydrogen-bond donors (Lipinski definition) is 1. The summed E-state index contributed by atoms with van der Waals surface area (Å²) >= 11 is 6.04. The third kappa shape index (κ3) is 2.93. The molecule has 0 spiro atoms. The lowest BCUT2D eigenvalue weighted by molar-refractivity contribution is 0.306. The molecule has 2 N–H and O–H groups in total. The second-order valence-electron chi connectivity index (χ2n) is 3.78. The normalized spacial score (nSPS) is 9.78. The van der Waals surface area contributed by atoms with Gasteiger partial charge in [0, 0.05) is 16.3 Å². The Balaban J connectivity index is 2.04. The summed E-state index contributed by atoms with van der Waals surface area (Å²) in [5, 5.41) is 9.27. The average Bonchev–Trinajstić information content (AvgIpc) is 2.38. The Morgan fingerprint density at radius 2 is 1.89 bits per heavy atom. The van der Waals surface area contributed by atoms with Gasteiger partial charge in [-0.15, -0.1) is 0 Å². The zero-order chi connectivity index (χ0) is 13.0. The van der Waals surface area contributed by atoms with Crippen LogP contribution in [0.1, 0.15) is 11.1 Å². The van der Waals surface area contributed by atoms with Gasteiger partial charge in [-0.25, -0.2) is 0 Å². The molecule has 0 unspecified atom stereocenters. The predicted octanol–water partition coefficient (Wildman–Crippen LogP) is 3.37. The summed E-state index contributed by atoms with van der Waals surface area (Å²) in [6.45, 7) is 0.366. The second kappa shape index (κ2) is 5.44. The largest absolute Gasteiger partial charge is 0.489 e. The van der Waals surface area contributed by atoms with Crippen LogP contribution in [0.3, 0.4) is 0 Å². The van der Waals surface area contributed by atoms with Crippen molar-refractivity contribution in [2.24, 2.45) is 0 Å². The average molecular weight is 259 g/mol. The van der Waals surface area contributed by atoms with Crippen LogP contribution in [0.4, 0.5) is 5.69 Å². The van der Waals surface area contributed by atoms with E-state index in [0.29, 0.717) is 28.6 Å². The third-order valence-corrected chi connectivity index (χ3v) is 2.81. The van der Waals surface area contributed by atoms with Crippen molar-refractivity contribution in [2.75, 3.05) is 5.73 Å². The first-order valence-corrected chi connectivity index (χ1v) is 5.73. The van der Waals surface area contributed by atoms with Crippen molar-refractivity contribution in [3.8, 4) is 11.8 Å². The van der Waals surface area contributed by atoms with E-state index in [4.69, 9.17) is 27.3 Å². The summed E-state index contributed by atoms with van der Waals surface area (Å²) in [6, 6.07) is 14.3. The fourth-order valence-corrected chi connectivity index (χ4v) is 1.71. The van der Waals surface area contributed by atoms with Gasteiger partial charge in [0.2, 0.25) is 0 Å². The summed E-state index contributed by atoms with van der Waals surface area (Å²) in [4.78, 5) is 0. The number of halogens is 1. The van der Waals surface area contributed by atoms with Crippen molar-refractivity contribution in [3.05, 3.63) is 58.6 Å². The molecule has 0 aromatic heterocycles. The summed E-state index contributed by atoms with van der Waals surface area (Å²) in [5.74, 6) is 0.696. The number of rotatable bonds is 3. The molecule has 0 amide bonds. The molecule has 0 radical (unpaired) electrons. The van der Waals surface area contributed by atoms with Crippen LogP contribution in [-0.2, 0) is 6.61 Å². The predicted molar refractivity (Wildman–Crippen MR) is 71.4 cm³/mol. The molecule has 90 valence electrons. The topological polar surface area (TPSA) is 59.0 Å². The number of nitrogens with two attached hydrogens (primary N) is 1. The summed E-state index contributed by atoms with van der Waals surface area (Å²) in [6.07, 6.45) is 0. The fourth-order valence-electron chi connectivity index (χ4n) is 1.47. The minimum atomic E-state index is 0.366. The first kappa shape index (κ1) is 12.3. The van der Waals surface area contributed by atoms with Crippen LogP contribution in [0.2, 0.25) is 5.02 Å². The van der Waals surface area contributed by atoms with E-state index in [1.807, 2.05) is 6.07 Å². The van der Waals surface area contributed by atoms with Gasteiger partial charge >= 0.3 is 0 Å². The SMILES string of the molecule is N#Cc1ccc(OCc2ccc(N)cc2Cl)cc1. The molecule has 0 fully saturated rings. The standard InChI is InChI=1S/C14H11ClN2O/c15-14-7-12(17)4-3-11(14)9-18-13-5-1-10(8-16)2-6-13/h1-7H,9,17H2. The van der Waals surface area contributed by atoms with E-state index in [9.17, 15) is 0 Å². The van der Waals surface area contributed by atoms with Gasteiger partial charge < -0.3 is 10.5 Å². The number of nitrogens with zero attached hydrogens (tertiary/aromatic N) is 1. The molecule has 0 aliphatic heterocycles. The number of nitriles is 1. The van der Waals surface area contributed by atoms with Gasteiger partial charge in [0.25, 0.3) is 0 Å². The molecule has 0 heterocycles. The van der Waals surface area contributed by atoms with E-state index in [-0.39, 0.29) is 0 Å². The van der Waals surface area contributed by atoms with E-state index in [0.717, 1.165) is 5.56 Å². The Kier molecular flexibility index (Phi) is 3.71. The Bertz CT molecular complexity index is 588. The quantitative estimate of drug-likeness (QED) is 0.859. The molecule has 2 aromatic rings. The van der Waals surface area contributed by atoms with Crippen LogP contribution >= 0.6 is 11.6 Å². The van der Waals surface area contributed by atoms with Gasteiger partial charge in [0.05, 0.1) is 11.6 Å². The van der Waals surface area contributed by atoms with Crippen molar-refractivity contribution in [2.45, 2.75) is 6.61 Å². The van der Waals surface area contributed by atoms with Crippen LogP contribution in [0.5, 0.6) is 5.75 Å². The molecule has 0 saturated carbocycles. The molecule has 0 saturated heterocycles. The Labute approximate surface area is 110 Å². The maximum absolute atomic E-state index is 8.68. The molecule has 18 heavy (non-hydrogen) atoms. The zero-order valence-electron chi connectivity index (χ0n) is 9.56. The summed E-state index contributed by atoms with van der Waals surface area (Å²) < 4.78 is 5.58. The second-order valence-corrected chi connectivity index (χ2v) is 4.18. The minimum Gasteiger partial charge on any atom is -0.489 e. The van der Waals surface area contributed by atoms with Gasteiger partial charge in [0.15, 0.2) is 0 Å². The number of anilines is 1. The van der Waals surface area contributed by atoms with Crippen LogP contribution in [0.15, 0.2) is 42.5 Å². The van der Waals surface area contributed by atoms with E-state index < -0.39 is 0 Å². The van der Waals surface area contributed by atoms with Gasteiger partial charge in [-0.05, 0) is 36.4 Å². The first-order valence-electron chi connectivity index (χ1n) is 5.36. The van der Waals surface area contributed by atoms with E-state index in [1.54, 1.807) is 36.4 Å². The lowest BCUT2D eigenvalue weighted by Crippen LogP contribution is -1.97. The molecule has 4 heteroatoms. The monoisotopic (exact) mass is 258 g/mol. The lowest BCUT2D eigenvalue weighted by Gasteiger charge is -2.08. The van der Waals surface area contributed by atoms with Gasteiger partial charge in [-0.3, -0.25) is 0 Å². The van der Waals surface area contributed by atoms with Gasteiger partial charge in [-0.2, -0.15) is 5.26 Å². The molecule has 0 aliphatic carbocycles. The smallest absolute Gasteiger partial charge is 0.119 e. The Morgan fingerprint density at radius 1 is 1.17 bits per heavy atom. The molecular weight excluding hydrogens is 248 g/mol. The van der Waals surface area contributed by atoms with E-state index >= 15 is 0 Å². The van der Waals surface area contributed by atoms with Gasteiger partial charge in [-0.1, -0.05) is 17.7 Å². The zero-order valence-corrected chi connectivity index (χ0v) is 10.3. The highest BCUT2D eigenvalue weighted by Crippen LogP contribution is 2.21.